The third kappa shape index (κ3) is 6.37. The van der Waals surface area contributed by atoms with Crippen molar-refractivity contribution in [2.24, 2.45) is 11.8 Å². The number of halogens is 1. The summed E-state index contributed by atoms with van der Waals surface area (Å²) in [5, 5.41) is 10.6. The van der Waals surface area contributed by atoms with Gasteiger partial charge < -0.3 is 14.7 Å². The molecule has 0 unspecified atom stereocenters. The van der Waals surface area contributed by atoms with Crippen LogP contribution in [0.3, 0.4) is 0 Å². The van der Waals surface area contributed by atoms with Gasteiger partial charge in [-0.05, 0) is 93.4 Å². The number of hydrogen-bond donors (Lipinski definition) is 1. The van der Waals surface area contributed by atoms with E-state index < -0.39 is 18.1 Å². The fraction of sp³-hybridized carbons (Fsp3) is 0.448. The number of benzene rings is 2. The van der Waals surface area contributed by atoms with Crippen molar-refractivity contribution >= 4 is 16.9 Å². The lowest BCUT2D eigenvalue weighted by Gasteiger charge is -2.37. The number of hydrogen-bond acceptors (Lipinski definition) is 4. The molecule has 0 radical (unpaired) electrons. The Morgan fingerprint density at radius 1 is 1.26 bits per heavy atom. The largest absolute Gasteiger partial charge is 0.497 e. The van der Waals surface area contributed by atoms with Gasteiger partial charge >= 0.3 is 5.97 Å². The van der Waals surface area contributed by atoms with Gasteiger partial charge in [-0.25, -0.2) is 4.39 Å². The van der Waals surface area contributed by atoms with E-state index in [1.807, 2.05) is 18.2 Å². The van der Waals surface area contributed by atoms with Crippen LogP contribution in [0, 0.1) is 18.8 Å². The van der Waals surface area contributed by atoms with E-state index in [2.05, 4.69) is 41.1 Å². The average molecular weight is 479 g/mol. The number of aromatic nitrogens is 1. The standard InChI is InChI=1S/C29H35FN2O3/c1-20-5-3-6-21(17-20)7-4-15-32-16-13-22(26(19-32)29(33)34)8-10-27(30)24-12-14-31-28-11-9-23(35-2)18-25(24)28/h3,5-6,9,11-12,14,17-18,22,26-27H,4,7-8,10,13,15-16,19H2,1-2H3,(H,33,34)/t22-,26+,27+/m1/s1. The molecule has 0 aliphatic carbocycles. The third-order valence-corrected chi connectivity index (χ3v) is 7.29. The number of rotatable bonds is 10. The van der Waals surface area contributed by atoms with Crippen LogP contribution in [0.4, 0.5) is 4.39 Å². The first-order chi connectivity index (χ1) is 16.9. The van der Waals surface area contributed by atoms with Crippen LogP contribution < -0.4 is 4.74 Å². The number of carbonyl (C=O) groups is 1. The number of carboxylic acids is 1. The number of aliphatic carboxylic acids is 1. The summed E-state index contributed by atoms with van der Waals surface area (Å²) in [4.78, 5) is 18.7. The Balaban J connectivity index is 1.33. The Hall–Kier alpha value is -2.99. The zero-order valence-corrected chi connectivity index (χ0v) is 20.6. The van der Waals surface area contributed by atoms with Crippen LogP contribution in [0.1, 0.15) is 48.5 Å². The minimum Gasteiger partial charge on any atom is -0.497 e. The summed E-state index contributed by atoms with van der Waals surface area (Å²) in [5.41, 5.74) is 3.91. The number of likely N-dealkylation sites (tertiary alicyclic amines) is 1. The van der Waals surface area contributed by atoms with Crippen LogP contribution in [0.2, 0.25) is 0 Å². The van der Waals surface area contributed by atoms with Gasteiger partial charge in [0.2, 0.25) is 0 Å². The summed E-state index contributed by atoms with van der Waals surface area (Å²) in [6, 6.07) is 15.7. The van der Waals surface area contributed by atoms with Gasteiger partial charge in [0.25, 0.3) is 0 Å². The van der Waals surface area contributed by atoms with E-state index in [0.717, 1.165) is 43.3 Å². The third-order valence-electron chi connectivity index (χ3n) is 7.29. The van der Waals surface area contributed by atoms with Crippen molar-refractivity contribution in [3.63, 3.8) is 0 Å². The molecular weight excluding hydrogens is 443 g/mol. The van der Waals surface area contributed by atoms with E-state index in [4.69, 9.17) is 4.74 Å². The van der Waals surface area contributed by atoms with Crippen LogP contribution in [0.25, 0.3) is 10.9 Å². The van der Waals surface area contributed by atoms with Gasteiger partial charge in [-0.2, -0.15) is 0 Å². The van der Waals surface area contributed by atoms with Gasteiger partial charge in [0.15, 0.2) is 0 Å². The summed E-state index contributed by atoms with van der Waals surface area (Å²) >= 11 is 0. The van der Waals surface area contributed by atoms with Crippen LogP contribution >= 0.6 is 0 Å². The van der Waals surface area contributed by atoms with Gasteiger partial charge in [-0.3, -0.25) is 9.78 Å². The van der Waals surface area contributed by atoms with Crippen molar-refractivity contribution in [2.75, 3.05) is 26.7 Å². The van der Waals surface area contributed by atoms with Crippen LogP contribution in [-0.2, 0) is 11.2 Å². The van der Waals surface area contributed by atoms with Crippen LogP contribution in [-0.4, -0.2) is 47.7 Å². The first kappa shape index (κ1) is 25.1. The number of piperidine rings is 1. The highest BCUT2D eigenvalue weighted by Gasteiger charge is 2.34. The first-order valence-electron chi connectivity index (χ1n) is 12.5. The van der Waals surface area contributed by atoms with Crippen molar-refractivity contribution in [2.45, 2.75) is 45.2 Å². The van der Waals surface area contributed by atoms with Crippen molar-refractivity contribution in [1.82, 2.24) is 9.88 Å². The molecule has 1 aliphatic heterocycles. The lowest BCUT2D eigenvalue weighted by Crippen LogP contribution is -2.44. The molecule has 1 aliphatic rings. The smallest absolute Gasteiger partial charge is 0.308 e. The monoisotopic (exact) mass is 478 g/mol. The maximum absolute atomic E-state index is 15.4. The average Bonchev–Trinajstić information content (AvgIpc) is 2.87. The van der Waals surface area contributed by atoms with E-state index in [1.54, 1.807) is 19.4 Å². The molecule has 1 fully saturated rings. The predicted octanol–water partition coefficient (Wildman–Crippen LogP) is 6.00. The predicted molar refractivity (Wildman–Crippen MR) is 137 cm³/mol. The molecule has 0 spiro atoms. The Labute approximate surface area is 206 Å². The highest BCUT2D eigenvalue weighted by Crippen LogP contribution is 2.35. The molecule has 1 N–H and O–H groups in total. The van der Waals surface area contributed by atoms with Gasteiger partial charge in [0.05, 0.1) is 18.5 Å². The minimum absolute atomic E-state index is 0.0126. The summed E-state index contributed by atoms with van der Waals surface area (Å²) in [7, 11) is 1.59. The van der Waals surface area contributed by atoms with Gasteiger partial charge in [0.1, 0.15) is 11.9 Å². The fourth-order valence-electron chi connectivity index (χ4n) is 5.33. The number of fused-ring (bicyclic) bond motifs is 1. The molecule has 1 saturated heterocycles. The molecular formula is C29H35FN2O3. The van der Waals surface area contributed by atoms with E-state index in [0.29, 0.717) is 30.7 Å². The SMILES string of the molecule is COc1ccc2nccc([C@@H](F)CC[C@@H]3CCN(CCCc4cccc(C)c4)C[C@@H]3C(=O)O)c2c1. The number of pyridine rings is 1. The van der Waals surface area contributed by atoms with E-state index in [9.17, 15) is 9.90 Å². The summed E-state index contributed by atoms with van der Waals surface area (Å²) in [6.07, 6.45) is 4.11. The second-order valence-electron chi connectivity index (χ2n) is 9.71. The fourth-order valence-corrected chi connectivity index (χ4v) is 5.33. The van der Waals surface area contributed by atoms with Gasteiger partial charge in [0, 0.05) is 18.1 Å². The molecule has 0 saturated carbocycles. The zero-order chi connectivity index (χ0) is 24.8. The molecule has 0 amide bonds. The van der Waals surface area contributed by atoms with Crippen molar-refractivity contribution < 1.29 is 19.0 Å². The minimum atomic E-state index is -1.17. The quantitative estimate of drug-likeness (QED) is 0.387. The molecule has 3 atom stereocenters. The highest BCUT2D eigenvalue weighted by atomic mass is 19.1. The molecule has 0 bridgehead atoms. The van der Waals surface area contributed by atoms with E-state index in [1.165, 1.54) is 11.1 Å². The highest BCUT2D eigenvalue weighted by molar-refractivity contribution is 5.83. The Morgan fingerprint density at radius 3 is 2.89 bits per heavy atom. The number of alkyl halides is 1. The van der Waals surface area contributed by atoms with Crippen LogP contribution in [0.5, 0.6) is 5.75 Å². The molecule has 4 rings (SSSR count). The Morgan fingerprint density at radius 2 is 2.11 bits per heavy atom. The van der Waals surface area contributed by atoms with Crippen molar-refractivity contribution in [1.29, 1.82) is 0 Å². The van der Waals surface area contributed by atoms with E-state index in [-0.39, 0.29) is 5.92 Å². The molecule has 186 valence electrons. The van der Waals surface area contributed by atoms with Gasteiger partial charge in [-0.15, -0.1) is 0 Å². The molecule has 1 aromatic heterocycles. The lowest BCUT2D eigenvalue weighted by molar-refractivity contribution is -0.146. The second-order valence-corrected chi connectivity index (χ2v) is 9.71. The molecule has 6 heteroatoms. The number of carboxylic acid groups (broad SMARTS) is 1. The number of methoxy groups -OCH3 is 1. The first-order valence-corrected chi connectivity index (χ1v) is 12.5. The van der Waals surface area contributed by atoms with Crippen molar-refractivity contribution in [3.8, 4) is 5.75 Å². The summed E-state index contributed by atoms with van der Waals surface area (Å²) in [5.74, 6) is -0.571. The molecule has 5 nitrogen and oxygen atoms in total. The maximum Gasteiger partial charge on any atom is 0.308 e. The molecule has 2 aromatic carbocycles. The summed E-state index contributed by atoms with van der Waals surface area (Å²) < 4.78 is 20.7. The normalized spacial score (nSPS) is 19.5. The number of ether oxygens (including phenoxy) is 1. The van der Waals surface area contributed by atoms with Crippen LogP contribution in [0.15, 0.2) is 54.7 Å². The van der Waals surface area contributed by atoms with Crippen molar-refractivity contribution in [3.05, 3.63) is 71.4 Å². The Kier molecular flexibility index (Phi) is 8.34. The Bertz CT molecular complexity index is 1150. The number of aryl methyl sites for hydroxylation is 2. The zero-order valence-electron chi connectivity index (χ0n) is 20.6. The molecule has 3 aromatic rings. The lowest BCUT2D eigenvalue weighted by atomic mass is 9.81. The maximum atomic E-state index is 15.4. The molecule has 2 heterocycles. The number of nitrogens with zero attached hydrogens (tertiary/aromatic N) is 2. The van der Waals surface area contributed by atoms with E-state index >= 15 is 4.39 Å². The topological polar surface area (TPSA) is 62.7 Å². The second kappa shape index (κ2) is 11.6. The molecule has 35 heavy (non-hydrogen) atoms. The summed E-state index contributed by atoms with van der Waals surface area (Å²) in [6.45, 7) is 4.40. The van der Waals surface area contributed by atoms with Gasteiger partial charge in [-0.1, -0.05) is 29.8 Å².